The van der Waals surface area contributed by atoms with Gasteiger partial charge in [0.05, 0.1) is 12.3 Å². The second kappa shape index (κ2) is 6.27. The summed E-state index contributed by atoms with van der Waals surface area (Å²) in [6, 6.07) is 2.68. The fraction of sp³-hybridized carbons (Fsp3) is 0.533. The molecule has 2 amide bonds. The van der Waals surface area contributed by atoms with Crippen molar-refractivity contribution in [1.29, 1.82) is 0 Å². The molecule has 0 bridgehead atoms. The summed E-state index contributed by atoms with van der Waals surface area (Å²) >= 11 is 0. The van der Waals surface area contributed by atoms with Gasteiger partial charge < -0.3 is 19.7 Å². The van der Waals surface area contributed by atoms with Gasteiger partial charge in [-0.3, -0.25) is 0 Å². The van der Waals surface area contributed by atoms with Crippen LogP contribution >= 0.6 is 0 Å². The summed E-state index contributed by atoms with van der Waals surface area (Å²) in [5.41, 5.74) is 0.0166. The van der Waals surface area contributed by atoms with Gasteiger partial charge in [-0.1, -0.05) is 0 Å². The maximum absolute atomic E-state index is 13.2. The van der Waals surface area contributed by atoms with E-state index in [4.69, 9.17) is 4.74 Å². The molecule has 0 saturated carbocycles. The first-order valence-electron chi connectivity index (χ1n) is 7.36. The minimum Gasteiger partial charge on any atom is -0.432 e. The molecule has 0 aromatic heterocycles. The van der Waals surface area contributed by atoms with Crippen LogP contribution in [0.1, 0.15) is 12.8 Å². The third kappa shape index (κ3) is 3.52. The third-order valence-corrected chi connectivity index (χ3v) is 4.31. The number of nitrogens with one attached hydrogen (secondary N) is 1. The molecule has 2 aliphatic rings. The number of rotatable bonds is 3. The number of carbonyl (C=O) groups excluding carboxylic acids is 1. The fourth-order valence-corrected chi connectivity index (χ4v) is 3.07. The molecule has 1 atom stereocenters. The molecule has 5 nitrogen and oxygen atoms in total. The summed E-state index contributed by atoms with van der Waals surface area (Å²) in [6.45, 7) is -0.641. The van der Waals surface area contributed by atoms with Gasteiger partial charge in [-0.25, -0.2) is 9.18 Å². The number of likely N-dealkylation sites (tertiary alicyclic amines) is 1. The van der Waals surface area contributed by atoms with Crippen LogP contribution in [0.2, 0.25) is 0 Å². The number of ether oxygens (including phenoxy) is 2. The van der Waals surface area contributed by atoms with E-state index in [1.165, 1.54) is 6.07 Å². The Hall–Kier alpha value is -1.96. The van der Waals surface area contributed by atoms with Crippen LogP contribution in [0.15, 0.2) is 18.2 Å². The number of hydrogen-bond acceptors (Lipinski definition) is 3. The molecular weight excluding hydrogens is 313 g/mol. The van der Waals surface area contributed by atoms with Gasteiger partial charge in [0, 0.05) is 31.2 Å². The van der Waals surface area contributed by atoms with Gasteiger partial charge in [0.25, 0.3) is 0 Å². The normalized spacial score (nSPS) is 23.7. The Bertz CT molecular complexity index is 591. The van der Waals surface area contributed by atoms with Crippen LogP contribution in [0.5, 0.6) is 5.75 Å². The molecule has 126 valence electrons. The van der Waals surface area contributed by atoms with Crippen molar-refractivity contribution in [3.63, 3.8) is 0 Å². The maximum atomic E-state index is 13.2. The first kappa shape index (κ1) is 15.9. The molecule has 23 heavy (non-hydrogen) atoms. The Morgan fingerprint density at radius 3 is 2.91 bits per heavy atom. The van der Waals surface area contributed by atoms with E-state index in [2.05, 4.69) is 10.1 Å². The minimum absolute atomic E-state index is 0.00242. The average molecular weight is 330 g/mol. The van der Waals surface area contributed by atoms with Gasteiger partial charge in [-0.15, -0.1) is 0 Å². The summed E-state index contributed by atoms with van der Waals surface area (Å²) < 4.78 is 47.6. The standard InChI is InChI=1S/C15H17F3N2O3/c16-10-1-2-11(12(7-10)23-13(17)18)19-14(21)20-5-3-15(8-20)4-6-22-9-15/h1-2,7,13H,3-6,8-9H2,(H,19,21). The largest absolute Gasteiger partial charge is 0.432 e. The van der Waals surface area contributed by atoms with Crippen molar-refractivity contribution >= 4 is 11.7 Å². The molecule has 1 N–H and O–H groups in total. The highest BCUT2D eigenvalue weighted by atomic mass is 19.3. The Labute approximate surface area is 131 Å². The quantitative estimate of drug-likeness (QED) is 0.927. The van der Waals surface area contributed by atoms with Crippen molar-refractivity contribution in [3.05, 3.63) is 24.0 Å². The summed E-state index contributed by atoms with van der Waals surface area (Å²) in [5.74, 6) is -1.12. The minimum atomic E-state index is -3.10. The highest BCUT2D eigenvalue weighted by molar-refractivity contribution is 5.91. The van der Waals surface area contributed by atoms with Crippen LogP contribution in [-0.2, 0) is 4.74 Å². The first-order chi connectivity index (χ1) is 11.0. The molecule has 2 aliphatic heterocycles. The lowest BCUT2D eigenvalue weighted by atomic mass is 9.87. The number of halogens is 3. The predicted octanol–water partition coefficient (Wildman–Crippen LogP) is 3.07. The van der Waals surface area contributed by atoms with Crippen molar-refractivity contribution in [2.24, 2.45) is 5.41 Å². The zero-order valence-corrected chi connectivity index (χ0v) is 12.4. The van der Waals surface area contributed by atoms with Gasteiger partial charge >= 0.3 is 12.6 Å². The van der Waals surface area contributed by atoms with Gasteiger partial charge in [0.1, 0.15) is 5.82 Å². The lowest BCUT2D eigenvalue weighted by molar-refractivity contribution is -0.0495. The van der Waals surface area contributed by atoms with E-state index in [1.807, 2.05) is 0 Å². The second-order valence-electron chi connectivity index (χ2n) is 5.92. The smallest absolute Gasteiger partial charge is 0.387 e. The number of alkyl halides is 2. The highest BCUT2D eigenvalue weighted by Gasteiger charge is 2.42. The van der Waals surface area contributed by atoms with Crippen LogP contribution in [0.25, 0.3) is 0 Å². The van der Waals surface area contributed by atoms with Crippen molar-refractivity contribution in [3.8, 4) is 5.75 Å². The van der Waals surface area contributed by atoms with Crippen LogP contribution in [0.3, 0.4) is 0 Å². The number of amides is 2. The number of hydrogen-bond donors (Lipinski definition) is 1. The molecule has 3 rings (SSSR count). The monoisotopic (exact) mass is 330 g/mol. The number of benzene rings is 1. The number of carbonyl (C=O) groups is 1. The molecule has 1 aromatic carbocycles. The van der Waals surface area contributed by atoms with Gasteiger partial charge in [-0.2, -0.15) is 8.78 Å². The van der Waals surface area contributed by atoms with E-state index < -0.39 is 24.2 Å². The van der Waals surface area contributed by atoms with Crippen LogP contribution < -0.4 is 10.1 Å². The van der Waals surface area contributed by atoms with Crippen molar-refractivity contribution in [2.75, 3.05) is 31.6 Å². The SMILES string of the molecule is O=C(Nc1ccc(F)cc1OC(F)F)N1CCC2(CCOC2)C1. The number of nitrogens with zero attached hydrogens (tertiary/aromatic N) is 1. The molecule has 2 heterocycles. The molecule has 2 saturated heterocycles. The molecule has 2 fully saturated rings. The van der Waals surface area contributed by atoms with Gasteiger partial charge in [-0.05, 0) is 25.0 Å². The molecule has 1 aromatic rings. The van der Waals surface area contributed by atoms with E-state index >= 15 is 0 Å². The Morgan fingerprint density at radius 2 is 2.22 bits per heavy atom. The lowest BCUT2D eigenvalue weighted by Crippen LogP contribution is -2.35. The second-order valence-corrected chi connectivity index (χ2v) is 5.92. The van der Waals surface area contributed by atoms with E-state index in [9.17, 15) is 18.0 Å². The van der Waals surface area contributed by atoms with E-state index in [0.29, 0.717) is 26.3 Å². The predicted molar refractivity (Wildman–Crippen MR) is 76.1 cm³/mol. The topological polar surface area (TPSA) is 50.8 Å². The Kier molecular flexibility index (Phi) is 4.34. The maximum Gasteiger partial charge on any atom is 0.387 e. The van der Waals surface area contributed by atoms with E-state index in [1.54, 1.807) is 4.90 Å². The van der Waals surface area contributed by atoms with Crippen molar-refractivity contribution in [1.82, 2.24) is 4.90 Å². The van der Waals surface area contributed by atoms with E-state index in [0.717, 1.165) is 25.0 Å². The molecule has 1 spiro atoms. The summed E-state index contributed by atoms with van der Waals surface area (Å²) in [6.07, 6.45) is 1.76. The summed E-state index contributed by atoms with van der Waals surface area (Å²) in [5, 5.41) is 2.51. The zero-order chi connectivity index (χ0) is 16.4. The Balaban J connectivity index is 1.68. The molecule has 1 unspecified atom stereocenters. The molecule has 8 heteroatoms. The fourth-order valence-electron chi connectivity index (χ4n) is 3.07. The Morgan fingerprint density at radius 1 is 1.39 bits per heavy atom. The lowest BCUT2D eigenvalue weighted by Gasteiger charge is -2.22. The molecule has 0 radical (unpaired) electrons. The zero-order valence-electron chi connectivity index (χ0n) is 12.4. The molecular formula is C15H17F3N2O3. The van der Waals surface area contributed by atoms with Gasteiger partial charge in [0.2, 0.25) is 0 Å². The van der Waals surface area contributed by atoms with Crippen LogP contribution in [0.4, 0.5) is 23.7 Å². The van der Waals surface area contributed by atoms with Crippen LogP contribution in [0, 0.1) is 11.2 Å². The van der Waals surface area contributed by atoms with Crippen molar-refractivity contribution < 1.29 is 27.4 Å². The average Bonchev–Trinajstić information content (AvgIpc) is 3.12. The number of urea groups is 1. The van der Waals surface area contributed by atoms with Crippen LogP contribution in [-0.4, -0.2) is 43.8 Å². The summed E-state index contributed by atoms with van der Waals surface area (Å²) in [7, 11) is 0. The highest BCUT2D eigenvalue weighted by Crippen LogP contribution is 2.38. The number of anilines is 1. The van der Waals surface area contributed by atoms with Crippen molar-refractivity contribution in [2.45, 2.75) is 19.5 Å². The molecule has 0 aliphatic carbocycles. The third-order valence-electron chi connectivity index (χ3n) is 4.31. The summed E-state index contributed by atoms with van der Waals surface area (Å²) in [4.78, 5) is 13.9. The van der Waals surface area contributed by atoms with Gasteiger partial charge in [0.15, 0.2) is 5.75 Å². The first-order valence-corrected chi connectivity index (χ1v) is 7.36. The van der Waals surface area contributed by atoms with E-state index in [-0.39, 0.29) is 11.1 Å².